The molecule has 0 saturated heterocycles. The maximum atomic E-state index is 12.9. The molecule has 26 heavy (non-hydrogen) atoms. The van der Waals surface area contributed by atoms with E-state index in [1.54, 1.807) is 15.6 Å². The van der Waals surface area contributed by atoms with Crippen LogP contribution >= 0.6 is 11.6 Å². The minimum atomic E-state index is -0.196. The number of carbonyl (C=O) groups excluding carboxylic acids is 1. The average molecular weight is 378 g/mol. The highest BCUT2D eigenvalue weighted by molar-refractivity contribution is 6.30. The largest absolute Gasteiger partial charge is 0.491 e. The van der Waals surface area contributed by atoms with Crippen LogP contribution in [-0.4, -0.2) is 38.8 Å². The van der Waals surface area contributed by atoms with E-state index >= 15 is 0 Å². The molecule has 0 unspecified atom stereocenters. The Kier molecular flexibility index (Phi) is 5.66. The Hall–Kier alpha value is -2.28. The number of amides is 2. The van der Waals surface area contributed by atoms with Crippen molar-refractivity contribution in [3.63, 3.8) is 0 Å². The van der Waals surface area contributed by atoms with Gasteiger partial charge >= 0.3 is 6.03 Å². The zero-order valence-corrected chi connectivity index (χ0v) is 16.0. The molecule has 2 aromatic rings. The highest BCUT2D eigenvalue weighted by Crippen LogP contribution is 2.27. The summed E-state index contributed by atoms with van der Waals surface area (Å²) in [6, 6.07) is 5.15. The van der Waals surface area contributed by atoms with Crippen molar-refractivity contribution >= 4 is 17.6 Å². The fourth-order valence-electron chi connectivity index (χ4n) is 3.10. The van der Waals surface area contributed by atoms with Gasteiger partial charge in [0, 0.05) is 17.6 Å². The van der Waals surface area contributed by atoms with Gasteiger partial charge in [-0.1, -0.05) is 25.4 Å². The van der Waals surface area contributed by atoms with E-state index in [0.29, 0.717) is 30.6 Å². The lowest BCUT2D eigenvalue weighted by molar-refractivity contribution is 0.181. The number of benzene rings is 1. The molecule has 1 aromatic carbocycles. The van der Waals surface area contributed by atoms with E-state index in [-0.39, 0.29) is 12.1 Å². The fourth-order valence-corrected chi connectivity index (χ4v) is 3.29. The van der Waals surface area contributed by atoms with Crippen molar-refractivity contribution < 1.29 is 9.53 Å². The maximum absolute atomic E-state index is 12.9. The van der Waals surface area contributed by atoms with Gasteiger partial charge in [-0.2, -0.15) is 5.10 Å². The molecule has 1 aromatic heterocycles. The Morgan fingerprint density at radius 3 is 2.92 bits per heavy atom. The summed E-state index contributed by atoms with van der Waals surface area (Å²) in [7, 11) is 1.83. The lowest BCUT2D eigenvalue weighted by Gasteiger charge is -2.25. The molecule has 3 rings (SSSR count). The van der Waals surface area contributed by atoms with Gasteiger partial charge in [0.05, 0.1) is 19.1 Å². The second-order valence-corrected chi connectivity index (χ2v) is 7.33. The Morgan fingerprint density at radius 2 is 2.23 bits per heavy atom. The Bertz CT molecular complexity index is 777. The van der Waals surface area contributed by atoms with Crippen molar-refractivity contribution in [1.82, 2.24) is 25.0 Å². The Labute approximate surface area is 158 Å². The van der Waals surface area contributed by atoms with Crippen molar-refractivity contribution in [3.05, 3.63) is 40.9 Å². The average Bonchev–Trinajstić information content (AvgIpc) is 2.88. The molecule has 2 amide bonds. The van der Waals surface area contributed by atoms with Crippen LogP contribution in [0.2, 0.25) is 5.02 Å². The normalized spacial score (nSPS) is 15.2. The summed E-state index contributed by atoms with van der Waals surface area (Å²) in [4.78, 5) is 19.0. The van der Waals surface area contributed by atoms with Crippen molar-refractivity contribution in [2.75, 3.05) is 13.2 Å². The van der Waals surface area contributed by atoms with Crippen LogP contribution in [0.5, 0.6) is 5.75 Å². The van der Waals surface area contributed by atoms with Gasteiger partial charge in [-0.05, 0) is 30.5 Å². The summed E-state index contributed by atoms with van der Waals surface area (Å²) in [6.45, 7) is 5.64. The first-order valence-electron chi connectivity index (χ1n) is 8.74. The molecule has 1 aliphatic heterocycles. The Morgan fingerprint density at radius 1 is 1.42 bits per heavy atom. The number of hydrogen-bond acceptors (Lipinski definition) is 4. The lowest BCUT2D eigenvalue weighted by atomic mass is 10.0. The van der Waals surface area contributed by atoms with Crippen LogP contribution < -0.4 is 10.1 Å². The number of nitrogens with zero attached hydrogens (tertiary/aromatic N) is 4. The molecular formula is C18H24ClN5O2. The van der Waals surface area contributed by atoms with E-state index in [1.165, 1.54) is 6.33 Å². The first-order valence-corrected chi connectivity index (χ1v) is 9.12. The van der Waals surface area contributed by atoms with Gasteiger partial charge in [-0.15, -0.1) is 0 Å². The third-order valence-corrected chi connectivity index (χ3v) is 4.59. The van der Waals surface area contributed by atoms with Crippen LogP contribution in [0, 0.1) is 5.92 Å². The van der Waals surface area contributed by atoms with Crippen LogP contribution in [0.25, 0.3) is 0 Å². The number of hydrogen-bond donors (Lipinski definition) is 1. The topological polar surface area (TPSA) is 72.3 Å². The SMILES string of the molecule is CC(C)C[C@@H](NC(=O)N1CCOc2ccc(Cl)cc2C1)c1ncnn1C. The highest BCUT2D eigenvalue weighted by atomic mass is 35.5. The number of aryl methyl sites for hydroxylation is 1. The summed E-state index contributed by atoms with van der Waals surface area (Å²) in [5.74, 6) is 1.93. The number of halogens is 1. The molecule has 0 fully saturated rings. The Balaban J connectivity index is 1.76. The first kappa shape index (κ1) is 18.5. The van der Waals surface area contributed by atoms with E-state index in [4.69, 9.17) is 16.3 Å². The van der Waals surface area contributed by atoms with Crippen LogP contribution in [0.4, 0.5) is 4.79 Å². The first-order chi connectivity index (χ1) is 12.4. The summed E-state index contributed by atoms with van der Waals surface area (Å²) in [6.07, 6.45) is 2.29. The summed E-state index contributed by atoms with van der Waals surface area (Å²) < 4.78 is 7.44. The summed E-state index contributed by atoms with van der Waals surface area (Å²) in [5, 5.41) is 7.87. The second kappa shape index (κ2) is 7.95. The molecular weight excluding hydrogens is 354 g/mol. The summed E-state index contributed by atoms with van der Waals surface area (Å²) >= 11 is 6.09. The van der Waals surface area contributed by atoms with Crippen LogP contribution in [0.15, 0.2) is 24.5 Å². The molecule has 140 valence electrons. The van der Waals surface area contributed by atoms with Gasteiger partial charge in [-0.25, -0.2) is 9.78 Å². The van der Waals surface area contributed by atoms with E-state index < -0.39 is 0 Å². The molecule has 0 aliphatic carbocycles. The maximum Gasteiger partial charge on any atom is 0.318 e. The van der Waals surface area contributed by atoms with Gasteiger partial charge in [0.1, 0.15) is 24.5 Å². The molecule has 0 radical (unpaired) electrons. The quantitative estimate of drug-likeness (QED) is 0.888. The number of nitrogens with one attached hydrogen (secondary N) is 1. The molecule has 1 atom stereocenters. The van der Waals surface area contributed by atoms with Crippen LogP contribution in [0.3, 0.4) is 0 Å². The monoisotopic (exact) mass is 377 g/mol. The minimum Gasteiger partial charge on any atom is -0.491 e. The van der Waals surface area contributed by atoms with Gasteiger partial charge < -0.3 is 15.0 Å². The molecule has 7 nitrogen and oxygen atoms in total. The van der Waals surface area contributed by atoms with Gasteiger partial charge in [0.25, 0.3) is 0 Å². The third-order valence-electron chi connectivity index (χ3n) is 4.35. The van der Waals surface area contributed by atoms with Gasteiger partial charge in [0.15, 0.2) is 0 Å². The number of urea groups is 1. The van der Waals surface area contributed by atoms with E-state index in [9.17, 15) is 4.79 Å². The lowest BCUT2D eigenvalue weighted by Crippen LogP contribution is -2.43. The highest BCUT2D eigenvalue weighted by Gasteiger charge is 2.25. The number of carbonyl (C=O) groups is 1. The van der Waals surface area contributed by atoms with Crippen LogP contribution in [0.1, 0.15) is 37.7 Å². The molecule has 0 spiro atoms. The van der Waals surface area contributed by atoms with E-state index in [2.05, 4.69) is 29.2 Å². The number of rotatable bonds is 4. The standard InChI is InChI=1S/C18H24ClN5O2/c1-12(2)8-15(17-20-11-21-23(17)3)22-18(25)24-6-7-26-16-5-4-14(19)9-13(16)10-24/h4-5,9,11-12,15H,6-8,10H2,1-3H3,(H,22,25)/t15-/m1/s1. The van der Waals surface area contributed by atoms with Crippen molar-refractivity contribution in [2.24, 2.45) is 13.0 Å². The fraction of sp³-hybridized carbons (Fsp3) is 0.500. The van der Waals surface area contributed by atoms with Crippen molar-refractivity contribution in [3.8, 4) is 5.75 Å². The number of ether oxygens (including phenoxy) is 1. The molecule has 0 saturated carbocycles. The predicted molar refractivity (Wildman–Crippen MR) is 99.1 cm³/mol. The smallest absolute Gasteiger partial charge is 0.318 e. The third kappa shape index (κ3) is 4.27. The minimum absolute atomic E-state index is 0.143. The van der Waals surface area contributed by atoms with Crippen molar-refractivity contribution in [2.45, 2.75) is 32.9 Å². The van der Waals surface area contributed by atoms with Crippen LogP contribution in [-0.2, 0) is 13.6 Å². The molecule has 2 heterocycles. The van der Waals surface area contributed by atoms with Gasteiger partial charge in [0.2, 0.25) is 0 Å². The zero-order chi connectivity index (χ0) is 18.7. The molecule has 1 aliphatic rings. The van der Waals surface area contributed by atoms with E-state index in [1.807, 2.05) is 19.2 Å². The molecule has 0 bridgehead atoms. The zero-order valence-electron chi connectivity index (χ0n) is 15.3. The predicted octanol–water partition coefficient (Wildman–Crippen LogP) is 3.16. The second-order valence-electron chi connectivity index (χ2n) is 6.90. The molecule has 1 N–H and O–H groups in total. The van der Waals surface area contributed by atoms with E-state index in [0.717, 1.165) is 23.6 Å². The van der Waals surface area contributed by atoms with Crippen molar-refractivity contribution in [1.29, 1.82) is 0 Å². The summed E-state index contributed by atoms with van der Waals surface area (Å²) in [5.41, 5.74) is 0.907. The number of aromatic nitrogens is 3. The molecule has 8 heteroatoms. The number of fused-ring (bicyclic) bond motifs is 1. The van der Waals surface area contributed by atoms with Gasteiger partial charge in [-0.3, -0.25) is 4.68 Å².